The molecule has 0 N–H and O–H groups in total. The highest BCUT2D eigenvalue weighted by Crippen LogP contribution is 2.20. The standard InChI is InChI=1S/C14H26O/c1-6-12(7-2)11(5)10-14(15)13(8-3)9-4/h10,12-13H,6-9H2,1-5H3/b11-10+. The Hall–Kier alpha value is -0.590. The Morgan fingerprint density at radius 1 is 0.933 bits per heavy atom. The van der Waals surface area contributed by atoms with Crippen molar-refractivity contribution >= 4 is 5.78 Å². The van der Waals surface area contributed by atoms with E-state index in [1.807, 2.05) is 6.08 Å². The lowest BCUT2D eigenvalue weighted by Gasteiger charge is -2.14. The van der Waals surface area contributed by atoms with Crippen LogP contribution >= 0.6 is 0 Å². The predicted molar refractivity (Wildman–Crippen MR) is 66.9 cm³/mol. The first-order chi connectivity index (χ1) is 7.10. The second-order valence-corrected chi connectivity index (χ2v) is 4.32. The summed E-state index contributed by atoms with van der Waals surface area (Å²) in [6, 6.07) is 0. The maximum Gasteiger partial charge on any atom is 0.158 e. The highest BCUT2D eigenvalue weighted by atomic mass is 16.1. The summed E-state index contributed by atoms with van der Waals surface area (Å²) in [6.07, 6.45) is 6.07. The lowest BCUT2D eigenvalue weighted by atomic mass is 9.90. The topological polar surface area (TPSA) is 17.1 Å². The molecule has 0 aliphatic heterocycles. The summed E-state index contributed by atoms with van der Waals surface area (Å²) in [5, 5.41) is 0. The van der Waals surface area contributed by atoms with E-state index in [-0.39, 0.29) is 5.92 Å². The first-order valence-electron chi connectivity index (χ1n) is 6.32. The number of carbonyl (C=O) groups excluding carboxylic acids is 1. The van der Waals surface area contributed by atoms with Crippen molar-refractivity contribution in [1.29, 1.82) is 0 Å². The summed E-state index contributed by atoms with van der Waals surface area (Å²) in [6.45, 7) is 10.6. The molecule has 0 amide bonds. The lowest BCUT2D eigenvalue weighted by Crippen LogP contribution is -2.11. The number of allylic oxidation sites excluding steroid dienone is 2. The average Bonchev–Trinajstić information content (AvgIpc) is 2.21. The smallest absolute Gasteiger partial charge is 0.158 e. The van der Waals surface area contributed by atoms with Gasteiger partial charge in [0.15, 0.2) is 5.78 Å². The van der Waals surface area contributed by atoms with Gasteiger partial charge in [-0.25, -0.2) is 0 Å². The number of ketones is 1. The van der Waals surface area contributed by atoms with E-state index in [0.717, 1.165) is 25.7 Å². The van der Waals surface area contributed by atoms with Crippen molar-refractivity contribution in [3.05, 3.63) is 11.6 Å². The Kier molecular flexibility index (Phi) is 7.37. The lowest BCUT2D eigenvalue weighted by molar-refractivity contribution is -0.118. The van der Waals surface area contributed by atoms with E-state index in [0.29, 0.717) is 11.7 Å². The molecule has 0 radical (unpaired) electrons. The monoisotopic (exact) mass is 210 g/mol. The molecule has 0 fully saturated rings. The molecule has 0 unspecified atom stereocenters. The Balaban J connectivity index is 4.51. The minimum atomic E-state index is 0.231. The largest absolute Gasteiger partial charge is 0.295 e. The average molecular weight is 210 g/mol. The fourth-order valence-corrected chi connectivity index (χ4v) is 2.08. The highest BCUT2D eigenvalue weighted by molar-refractivity contribution is 5.92. The van der Waals surface area contributed by atoms with E-state index in [1.54, 1.807) is 0 Å². The third kappa shape index (κ3) is 4.63. The van der Waals surface area contributed by atoms with Crippen LogP contribution in [0.2, 0.25) is 0 Å². The maximum absolute atomic E-state index is 11.9. The Bertz CT molecular complexity index is 207. The summed E-state index contributed by atoms with van der Waals surface area (Å²) in [5.74, 6) is 1.14. The summed E-state index contributed by atoms with van der Waals surface area (Å²) in [4.78, 5) is 11.9. The van der Waals surface area contributed by atoms with Crippen molar-refractivity contribution in [1.82, 2.24) is 0 Å². The number of hydrogen-bond acceptors (Lipinski definition) is 1. The fraction of sp³-hybridized carbons (Fsp3) is 0.786. The quantitative estimate of drug-likeness (QED) is 0.570. The van der Waals surface area contributed by atoms with Gasteiger partial charge in [-0.1, -0.05) is 33.3 Å². The number of carbonyl (C=O) groups is 1. The van der Waals surface area contributed by atoms with Gasteiger partial charge in [0.2, 0.25) is 0 Å². The Morgan fingerprint density at radius 3 is 1.67 bits per heavy atom. The molecule has 0 aliphatic rings. The van der Waals surface area contributed by atoms with Crippen LogP contribution in [-0.4, -0.2) is 5.78 Å². The van der Waals surface area contributed by atoms with Gasteiger partial charge in [0, 0.05) is 5.92 Å². The van der Waals surface area contributed by atoms with Gasteiger partial charge in [-0.05, 0) is 44.6 Å². The molecule has 0 aromatic rings. The number of hydrogen-bond donors (Lipinski definition) is 0. The third-order valence-electron chi connectivity index (χ3n) is 3.39. The van der Waals surface area contributed by atoms with Gasteiger partial charge in [-0.15, -0.1) is 0 Å². The van der Waals surface area contributed by atoms with Gasteiger partial charge >= 0.3 is 0 Å². The third-order valence-corrected chi connectivity index (χ3v) is 3.39. The van der Waals surface area contributed by atoms with Gasteiger partial charge in [0.25, 0.3) is 0 Å². The van der Waals surface area contributed by atoms with E-state index in [2.05, 4.69) is 34.6 Å². The van der Waals surface area contributed by atoms with Crippen molar-refractivity contribution in [2.45, 2.75) is 60.3 Å². The molecule has 0 atom stereocenters. The summed E-state index contributed by atoms with van der Waals surface area (Å²) in [7, 11) is 0. The van der Waals surface area contributed by atoms with Crippen LogP contribution in [0.3, 0.4) is 0 Å². The predicted octanol–water partition coefficient (Wildman–Crippen LogP) is 4.37. The molecule has 1 nitrogen and oxygen atoms in total. The fourth-order valence-electron chi connectivity index (χ4n) is 2.08. The van der Waals surface area contributed by atoms with Crippen molar-refractivity contribution < 1.29 is 4.79 Å². The van der Waals surface area contributed by atoms with Crippen LogP contribution in [0.15, 0.2) is 11.6 Å². The van der Waals surface area contributed by atoms with E-state index in [1.165, 1.54) is 5.57 Å². The van der Waals surface area contributed by atoms with Crippen LogP contribution in [0.5, 0.6) is 0 Å². The molecule has 0 aromatic carbocycles. The van der Waals surface area contributed by atoms with Crippen LogP contribution in [0.4, 0.5) is 0 Å². The van der Waals surface area contributed by atoms with Crippen molar-refractivity contribution in [2.24, 2.45) is 11.8 Å². The SMILES string of the molecule is CCC(CC)C(=O)/C=C(\C)C(CC)CC. The molecule has 88 valence electrons. The van der Waals surface area contributed by atoms with Crippen LogP contribution in [-0.2, 0) is 4.79 Å². The molecule has 15 heavy (non-hydrogen) atoms. The molecule has 0 saturated heterocycles. The summed E-state index contributed by atoms with van der Waals surface area (Å²) < 4.78 is 0. The molecule has 0 bridgehead atoms. The zero-order valence-corrected chi connectivity index (χ0v) is 11.0. The van der Waals surface area contributed by atoms with Crippen LogP contribution in [0, 0.1) is 11.8 Å². The maximum atomic E-state index is 11.9. The van der Waals surface area contributed by atoms with Gasteiger partial charge in [0.05, 0.1) is 0 Å². The zero-order valence-electron chi connectivity index (χ0n) is 11.0. The molecule has 0 heterocycles. The van der Waals surface area contributed by atoms with Crippen LogP contribution < -0.4 is 0 Å². The second kappa shape index (κ2) is 7.67. The molecule has 0 aliphatic carbocycles. The van der Waals surface area contributed by atoms with Crippen molar-refractivity contribution in [3.63, 3.8) is 0 Å². The molecular formula is C14H26O. The minimum absolute atomic E-state index is 0.231. The molecule has 1 heteroatoms. The summed E-state index contributed by atoms with van der Waals surface area (Å²) in [5.41, 5.74) is 1.26. The van der Waals surface area contributed by atoms with Gasteiger partial charge in [-0.2, -0.15) is 0 Å². The van der Waals surface area contributed by atoms with E-state index < -0.39 is 0 Å². The van der Waals surface area contributed by atoms with Crippen LogP contribution in [0.1, 0.15) is 60.3 Å². The molecule has 0 rings (SSSR count). The highest BCUT2D eigenvalue weighted by Gasteiger charge is 2.13. The second-order valence-electron chi connectivity index (χ2n) is 4.32. The van der Waals surface area contributed by atoms with Gasteiger partial charge < -0.3 is 0 Å². The van der Waals surface area contributed by atoms with Crippen molar-refractivity contribution in [2.75, 3.05) is 0 Å². The minimum Gasteiger partial charge on any atom is -0.295 e. The Morgan fingerprint density at radius 2 is 1.33 bits per heavy atom. The number of rotatable bonds is 7. The van der Waals surface area contributed by atoms with Gasteiger partial charge in [-0.3, -0.25) is 4.79 Å². The van der Waals surface area contributed by atoms with E-state index in [4.69, 9.17) is 0 Å². The van der Waals surface area contributed by atoms with Crippen LogP contribution in [0.25, 0.3) is 0 Å². The first-order valence-corrected chi connectivity index (χ1v) is 6.32. The normalized spacial score (nSPS) is 12.6. The Labute approximate surface area is 95.0 Å². The van der Waals surface area contributed by atoms with E-state index >= 15 is 0 Å². The van der Waals surface area contributed by atoms with Gasteiger partial charge in [0.1, 0.15) is 0 Å². The molecule has 0 aromatic heterocycles. The summed E-state index contributed by atoms with van der Waals surface area (Å²) >= 11 is 0. The molecular weight excluding hydrogens is 184 g/mol. The van der Waals surface area contributed by atoms with E-state index in [9.17, 15) is 4.79 Å². The first kappa shape index (κ1) is 14.4. The zero-order chi connectivity index (χ0) is 11.8. The molecule has 0 spiro atoms. The van der Waals surface area contributed by atoms with Crippen molar-refractivity contribution in [3.8, 4) is 0 Å². The molecule has 0 saturated carbocycles.